The van der Waals surface area contributed by atoms with Crippen LogP contribution in [0.3, 0.4) is 0 Å². The van der Waals surface area contributed by atoms with Crippen LogP contribution in [-0.4, -0.2) is 23.2 Å². The van der Waals surface area contributed by atoms with Gasteiger partial charge < -0.3 is 0 Å². The van der Waals surface area contributed by atoms with Gasteiger partial charge in [0.25, 0.3) is 0 Å². The van der Waals surface area contributed by atoms with Crippen LogP contribution in [0.5, 0.6) is 0 Å². The van der Waals surface area contributed by atoms with Gasteiger partial charge in [0.2, 0.25) is 0 Å². The van der Waals surface area contributed by atoms with Crippen LogP contribution in [0.25, 0.3) is 5.70 Å². The van der Waals surface area contributed by atoms with E-state index in [9.17, 15) is 5.21 Å². The molecule has 0 amide bonds. The van der Waals surface area contributed by atoms with E-state index in [0.29, 0.717) is 21.9 Å². The van der Waals surface area contributed by atoms with Crippen molar-refractivity contribution in [2.45, 2.75) is 0 Å². The Morgan fingerprint density at radius 3 is 2.64 bits per heavy atom. The number of hydrogen-bond donors (Lipinski definition) is 1. The second kappa shape index (κ2) is 6.13. The lowest BCUT2D eigenvalue weighted by atomic mass is 10.1. The first kappa shape index (κ1) is 14.5. The van der Waals surface area contributed by atoms with Crippen molar-refractivity contribution in [1.82, 2.24) is 5.06 Å². The number of amidine groups is 1. The third-order valence-corrected chi connectivity index (χ3v) is 3.55. The van der Waals surface area contributed by atoms with Gasteiger partial charge in [0.05, 0.1) is 11.1 Å². The molecule has 0 unspecified atom stereocenters. The van der Waals surface area contributed by atoms with E-state index in [1.807, 2.05) is 36.4 Å². The van der Waals surface area contributed by atoms with Gasteiger partial charge in [-0.25, -0.2) is 10.1 Å². The summed E-state index contributed by atoms with van der Waals surface area (Å²) < 4.78 is 0. The molecule has 5 heteroatoms. The molecular weight excluding hydrogens is 298 g/mol. The summed E-state index contributed by atoms with van der Waals surface area (Å²) in [6, 6.07) is 15.0. The van der Waals surface area contributed by atoms with Crippen LogP contribution < -0.4 is 10.6 Å². The first-order valence-corrected chi connectivity index (χ1v) is 7.14. The first-order valence-electron chi connectivity index (χ1n) is 6.76. The van der Waals surface area contributed by atoms with Crippen molar-refractivity contribution in [2.75, 3.05) is 7.05 Å². The van der Waals surface area contributed by atoms with Gasteiger partial charge in [0.1, 0.15) is 5.84 Å². The van der Waals surface area contributed by atoms with Gasteiger partial charge in [0.15, 0.2) is 0 Å². The van der Waals surface area contributed by atoms with E-state index in [1.165, 1.54) is 6.20 Å². The van der Waals surface area contributed by atoms with Crippen molar-refractivity contribution < 1.29 is 5.21 Å². The van der Waals surface area contributed by atoms with Crippen LogP contribution in [0, 0.1) is 0 Å². The number of halogens is 1. The Balaban J connectivity index is 2.46. The highest BCUT2D eigenvalue weighted by Gasteiger charge is 2.12. The highest BCUT2D eigenvalue weighted by Crippen LogP contribution is 2.15. The van der Waals surface area contributed by atoms with Crippen molar-refractivity contribution in [3.63, 3.8) is 0 Å². The predicted molar refractivity (Wildman–Crippen MR) is 87.3 cm³/mol. The van der Waals surface area contributed by atoms with Crippen LogP contribution in [-0.2, 0) is 0 Å². The molecule has 0 aliphatic carbocycles. The molecule has 0 atom stereocenters. The average Bonchev–Trinajstić information content (AvgIpc) is 2.53. The fourth-order valence-corrected chi connectivity index (χ4v) is 2.47. The van der Waals surface area contributed by atoms with Gasteiger partial charge in [-0.15, -0.1) is 0 Å². The Bertz CT molecular complexity index is 873. The molecule has 0 saturated carbocycles. The predicted octanol–water partition coefficient (Wildman–Crippen LogP) is 2.36. The van der Waals surface area contributed by atoms with Gasteiger partial charge in [-0.2, -0.15) is 0 Å². The Labute approximate surface area is 133 Å². The smallest absolute Gasteiger partial charge is 0.149 e. The van der Waals surface area contributed by atoms with E-state index in [0.717, 1.165) is 15.8 Å². The number of rotatable bonds is 1. The molecular formula is C17H14ClN3O. The molecule has 1 heterocycles. The number of nitrogens with zero attached hydrogens (tertiary/aromatic N) is 3. The Morgan fingerprint density at radius 2 is 1.91 bits per heavy atom. The molecule has 4 nitrogen and oxygen atoms in total. The number of fused-ring (bicyclic) bond motifs is 1. The van der Waals surface area contributed by atoms with Crippen LogP contribution in [0.15, 0.2) is 70.8 Å². The Hall–Kier alpha value is -2.43. The minimum atomic E-state index is 0.523. The molecule has 3 rings (SSSR count). The van der Waals surface area contributed by atoms with E-state index in [2.05, 4.69) is 9.98 Å². The SMILES string of the molecule is CN=C1/C=C\N(O)/C(c2ccccc2)=c2/cc(Cl)ccc2=N1. The maximum Gasteiger partial charge on any atom is 0.149 e. The maximum absolute atomic E-state index is 10.4. The topological polar surface area (TPSA) is 48.2 Å². The summed E-state index contributed by atoms with van der Waals surface area (Å²) in [5.41, 5.74) is 1.48. The fourth-order valence-electron chi connectivity index (χ4n) is 2.30. The monoisotopic (exact) mass is 311 g/mol. The summed E-state index contributed by atoms with van der Waals surface area (Å²) in [4.78, 5) is 8.60. The van der Waals surface area contributed by atoms with Crippen molar-refractivity contribution in [1.29, 1.82) is 0 Å². The van der Waals surface area contributed by atoms with E-state index < -0.39 is 0 Å². The third-order valence-electron chi connectivity index (χ3n) is 3.32. The van der Waals surface area contributed by atoms with E-state index in [4.69, 9.17) is 11.6 Å². The zero-order valence-corrected chi connectivity index (χ0v) is 12.7. The Kier molecular flexibility index (Phi) is 4.04. The largest absolute Gasteiger partial charge is 0.284 e. The third kappa shape index (κ3) is 2.79. The summed E-state index contributed by atoms with van der Waals surface area (Å²) in [5, 5.41) is 13.5. The van der Waals surface area contributed by atoms with Crippen molar-refractivity contribution in [3.05, 3.63) is 82.0 Å². The maximum atomic E-state index is 10.4. The lowest BCUT2D eigenvalue weighted by Crippen LogP contribution is -2.34. The van der Waals surface area contributed by atoms with Crippen LogP contribution in [0.4, 0.5) is 0 Å². The number of hydrogen-bond acceptors (Lipinski definition) is 3. The molecule has 0 aromatic heterocycles. The lowest BCUT2D eigenvalue weighted by molar-refractivity contribution is 0.0242. The average molecular weight is 312 g/mol. The number of hydroxylamine groups is 2. The van der Waals surface area contributed by atoms with Gasteiger partial charge in [-0.3, -0.25) is 10.2 Å². The van der Waals surface area contributed by atoms with Gasteiger partial charge in [-0.05, 0) is 18.2 Å². The van der Waals surface area contributed by atoms with E-state index >= 15 is 0 Å². The molecule has 0 fully saturated rings. The molecule has 0 saturated heterocycles. The number of aliphatic imine (C=N–C) groups is 1. The minimum absolute atomic E-state index is 0.523. The van der Waals surface area contributed by atoms with Gasteiger partial charge in [0, 0.05) is 35.1 Å². The van der Waals surface area contributed by atoms with Crippen LogP contribution in [0.2, 0.25) is 5.02 Å². The van der Waals surface area contributed by atoms with Crippen LogP contribution >= 0.6 is 11.6 Å². The van der Waals surface area contributed by atoms with E-state index in [-0.39, 0.29) is 0 Å². The van der Waals surface area contributed by atoms with Crippen molar-refractivity contribution in [2.24, 2.45) is 9.98 Å². The zero-order chi connectivity index (χ0) is 15.5. The standard InChI is InChI=1S/C17H14ClN3O/c1-19-16-9-10-21(22)17(12-5-3-2-4-6-12)14-11-13(18)7-8-15(14)20-16/h2-11,22H,1H3/b10-9-,17-14-,19-16?,20-15?. The molecule has 0 bridgehead atoms. The molecule has 1 aliphatic heterocycles. The quantitative estimate of drug-likeness (QED) is 0.879. The lowest BCUT2D eigenvalue weighted by Gasteiger charge is -2.18. The first-order chi connectivity index (χ1) is 10.7. The molecule has 22 heavy (non-hydrogen) atoms. The normalized spacial score (nSPS) is 20.0. The van der Waals surface area contributed by atoms with Crippen molar-refractivity contribution >= 4 is 23.1 Å². The molecule has 1 aliphatic rings. The highest BCUT2D eigenvalue weighted by atomic mass is 35.5. The second-order valence-corrected chi connectivity index (χ2v) is 5.17. The number of benzene rings is 2. The second-order valence-electron chi connectivity index (χ2n) is 4.73. The van der Waals surface area contributed by atoms with Gasteiger partial charge >= 0.3 is 0 Å². The fraction of sp³-hybridized carbons (Fsp3) is 0.0588. The molecule has 1 N–H and O–H groups in total. The van der Waals surface area contributed by atoms with Crippen molar-refractivity contribution in [3.8, 4) is 0 Å². The van der Waals surface area contributed by atoms with Gasteiger partial charge in [-0.1, -0.05) is 41.9 Å². The van der Waals surface area contributed by atoms with E-state index in [1.54, 1.807) is 25.3 Å². The summed E-state index contributed by atoms with van der Waals surface area (Å²) in [7, 11) is 1.66. The molecule has 110 valence electrons. The van der Waals surface area contributed by atoms with Crippen LogP contribution in [0.1, 0.15) is 5.56 Å². The summed E-state index contributed by atoms with van der Waals surface area (Å²) in [6.07, 6.45) is 3.18. The molecule has 0 spiro atoms. The highest BCUT2D eigenvalue weighted by molar-refractivity contribution is 6.30. The summed E-state index contributed by atoms with van der Waals surface area (Å²) in [5.74, 6) is 0.523. The molecule has 0 radical (unpaired) electrons. The molecule has 2 aromatic carbocycles. The Morgan fingerprint density at radius 1 is 1.14 bits per heavy atom. The minimum Gasteiger partial charge on any atom is -0.284 e. The summed E-state index contributed by atoms with van der Waals surface area (Å²) in [6.45, 7) is 0. The zero-order valence-electron chi connectivity index (χ0n) is 11.9. The summed E-state index contributed by atoms with van der Waals surface area (Å²) >= 11 is 6.14. The molecule has 2 aromatic rings.